The molecule has 1 heterocycles. The fraction of sp³-hybridized carbons (Fsp3) is 0.818. The summed E-state index contributed by atoms with van der Waals surface area (Å²) in [5.41, 5.74) is -1.01. The maximum atomic E-state index is 11.9. The van der Waals surface area contributed by atoms with Gasteiger partial charge in [0.1, 0.15) is 5.54 Å². The Hall–Kier alpha value is -1.10. The van der Waals surface area contributed by atoms with Crippen molar-refractivity contribution < 1.29 is 19.4 Å². The summed E-state index contributed by atoms with van der Waals surface area (Å²) < 4.78 is 5.13. The van der Waals surface area contributed by atoms with Crippen LogP contribution in [0, 0.1) is 5.92 Å². The highest BCUT2D eigenvalue weighted by Crippen LogP contribution is 2.30. The number of ether oxygens (including phenoxy) is 1. The molecule has 90 valence electrons. The minimum atomic E-state index is -1.01. The average Bonchev–Trinajstić information content (AvgIpc) is 2.88. The molecule has 16 heavy (non-hydrogen) atoms. The lowest BCUT2D eigenvalue weighted by molar-refractivity contribution is -0.148. The van der Waals surface area contributed by atoms with E-state index in [9.17, 15) is 14.7 Å². The number of carbonyl (C=O) groups excluding carboxylic acids is 1. The van der Waals surface area contributed by atoms with Crippen LogP contribution < -0.4 is 5.32 Å². The molecule has 1 amide bonds. The first-order valence-electron chi connectivity index (χ1n) is 5.77. The number of carboxylic acid groups (broad SMARTS) is 1. The highest BCUT2D eigenvalue weighted by molar-refractivity contribution is 5.88. The summed E-state index contributed by atoms with van der Waals surface area (Å²) in [7, 11) is 0. The minimum absolute atomic E-state index is 0.165. The van der Waals surface area contributed by atoms with Gasteiger partial charge >= 0.3 is 5.97 Å². The Kier molecular flexibility index (Phi) is 3.14. The molecule has 0 aromatic carbocycles. The third-order valence-corrected chi connectivity index (χ3v) is 3.53. The smallest absolute Gasteiger partial charge is 0.329 e. The van der Waals surface area contributed by atoms with E-state index in [0.717, 1.165) is 12.8 Å². The Labute approximate surface area is 94.2 Å². The van der Waals surface area contributed by atoms with E-state index in [0.29, 0.717) is 32.5 Å². The molecule has 1 saturated carbocycles. The second-order valence-electron chi connectivity index (χ2n) is 4.64. The zero-order valence-electron chi connectivity index (χ0n) is 9.20. The normalized spacial score (nSPS) is 27.9. The first-order valence-corrected chi connectivity index (χ1v) is 5.77. The lowest BCUT2D eigenvalue weighted by Crippen LogP contribution is -2.54. The van der Waals surface area contributed by atoms with Crippen LogP contribution in [0.4, 0.5) is 0 Å². The van der Waals surface area contributed by atoms with E-state index in [4.69, 9.17) is 4.74 Å². The van der Waals surface area contributed by atoms with Crippen LogP contribution in [0.5, 0.6) is 0 Å². The number of hydrogen-bond donors (Lipinski definition) is 2. The topological polar surface area (TPSA) is 75.6 Å². The molecule has 0 spiro atoms. The number of carbonyl (C=O) groups is 2. The van der Waals surface area contributed by atoms with Gasteiger partial charge in [-0.05, 0) is 19.3 Å². The lowest BCUT2D eigenvalue weighted by atomic mass is 9.96. The minimum Gasteiger partial charge on any atom is -0.480 e. The standard InChI is InChI=1S/C11H17NO4/c13-9(8-3-6-16-7-8)12-11(10(14)15)4-1-2-5-11/h8H,1-7H2,(H,12,13)(H,14,15). The first-order chi connectivity index (χ1) is 7.64. The van der Waals surface area contributed by atoms with Crippen LogP contribution in [-0.4, -0.2) is 35.7 Å². The Balaban J connectivity index is 2.00. The fourth-order valence-corrected chi connectivity index (χ4v) is 2.45. The van der Waals surface area contributed by atoms with E-state index in [1.54, 1.807) is 0 Å². The highest BCUT2D eigenvalue weighted by Gasteiger charge is 2.43. The van der Waals surface area contributed by atoms with Gasteiger partial charge in [-0.3, -0.25) is 4.79 Å². The maximum absolute atomic E-state index is 11.9. The van der Waals surface area contributed by atoms with Crippen molar-refractivity contribution in [3.05, 3.63) is 0 Å². The van der Waals surface area contributed by atoms with Crippen LogP contribution in [0.25, 0.3) is 0 Å². The summed E-state index contributed by atoms with van der Waals surface area (Å²) in [4.78, 5) is 23.1. The molecule has 2 N–H and O–H groups in total. The summed E-state index contributed by atoms with van der Waals surface area (Å²) in [6.07, 6.45) is 3.52. The van der Waals surface area contributed by atoms with Gasteiger partial charge in [-0.1, -0.05) is 12.8 Å². The van der Waals surface area contributed by atoms with Crippen LogP contribution in [-0.2, 0) is 14.3 Å². The van der Waals surface area contributed by atoms with Gasteiger partial charge in [0.25, 0.3) is 0 Å². The Morgan fingerprint density at radius 3 is 2.50 bits per heavy atom. The predicted molar refractivity (Wildman–Crippen MR) is 55.9 cm³/mol. The number of hydrogen-bond acceptors (Lipinski definition) is 3. The van der Waals surface area contributed by atoms with Gasteiger partial charge in [-0.2, -0.15) is 0 Å². The van der Waals surface area contributed by atoms with Gasteiger partial charge in [0.05, 0.1) is 12.5 Å². The Morgan fingerprint density at radius 2 is 2.00 bits per heavy atom. The molecule has 1 unspecified atom stereocenters. The van der Waals surface area contributed by atoms with Gasteiger partial charge in [-0.25, -0.2) is 4.79 Å². The number of aliphatic carboxylic acids is 1. The van der Waals surface area contributed by atoms with Crippen molar-refractivity contribution in [2.45, 2.75) is 37.6 Å². The summed E-state index contributed by atoms with van der Waals surface area (Å²) in [5, 5.41) is 11.9. The molecule has 5 nitrogen and oxygen atoms in total. The molecule has 0 aromatic heterocycles. The summed E-state index contributed by atoms with van der Waals surface area (Å²) in [6.45, 7) is 1.01. The molecule has 1 saturated heterocycles. The molecule has 2 aliphatic rings. The molecule has 2 rings (SSSR count). The van der Waals surface area contributed by atoms with Crippen LogP contribution in [0.1, 0.15) is 32.1 Å². The average molecular weight is 227 g/mol. The van der Waals surface area contributed by atoms with E-state index in [-0.39, 0.29) is 11.8 Å². The zero-order chi connectivity index (χ0) is 11.6. The molecule has 0 aromatic rings. The monoisotopic (exact) mass is 227 g/mol. The maximum Gasteiger partial charge on any atom is 0.329 e. The van der Waals surface area contributed by atoms with Crippen molar-refractivity contribution in [2.24, 2.45) is 5.92 Å². The number of nitrogens with one attached hydrogen (secondary N) is 1. The van der Waals surface area contributed by atoms with E-state index in [2.05, 4.69) is 5.32 Å². The van der Waals surface area contributed by atoms with Crippen LogP contribution in [0.2, 0.25) is 0 Å². The van der Waals surface area contributed by atoms with E-state index in [1.807, 2.05) is 0 Å². The highest BCUT2D eigenvalue weighted by atomic mass is 16.5. The SMILES string of the molecule is O=C(NC1(C(=O)O)CCCC1)C1CCOC1. The third-order valence-electron chi connectivity index (χ3n) is 3.53. The molecular formula is C11H17NO4. The summed E-state index contributed by atoms with van der Waals surface area (Å²) >= 11 is 0. The van der Waals surface area contributed by atoms with Gasteiger partial charge in [-0.15, -0.1) is 0 Å². The van der Waals surface area contributed by atoms with Gasteiger partial charge in [0.2, 0.25) is 5.91 Å². The van der Waals surface area contributed by atoms with Gasteiger partial charge < -0.3 is 15.2 Å². The van der Waals surface area contributed by atoms with Gasteiger partial charge in [0, 0.05) is 6.61 Å². The zero-order valence-corrected chi connectivity index (χ0v) is 9.20. The van der Waals surface area contributed by atoms with Crippen molar-refractivity contribution in [1.82, 2.24) is 5.32 Å². The molecule has 0 radical (unpaired) electrons. The summed E-state index contributed by atoms with van der Waals surface area (Å²) in [5.74, 6) is -1.24. The molecule has 5 heteroatoms. The van der Waals surface area contributed by atoms with Crippen LogP contribution in [0.15, 0.2) is 0 Å². The number of rotatable bonds is 3. The van der Waals surface area contributed by atoms with E-state index >= 15 is 0 Å². The van der Waals surface area contributed by atoms with Crippen LogP contribution >= 0.6 is 0 Å². The van der Waals surface area contributed by atoms with E-state index in [1.165, 1.54) is 0 Å². The lowest BCUT2D eigenvalue weighted by Gasteiger charge is -2.26. The van der Waals surface area contributed by atoms with Crippen molar-refractivity contribution in [3.8, 4) is 0 Å². The molecular weight excluding hydrogens is 210 g/mol. The molecule has 1 atom stereocenters. The molecule has 1 aliphatic heterocycles. The second kappa shape index (κ2) is 4.41. The van der Waals surface area contributed by atoms with Gasteiger partial charge in [0.15, 0.2) is 0 Å². The Morgan fingerprint density at radius 1 is 1.31 bits per heavy atom. The molecule has 1 aliphatic carbocycles. The predicted octanol–water partition coefficient (Wildman–Crippen LogP) is 0.536. The van der Waals surface area contributed by atoms with Crippen LogP contribution in [0.3, 0.4) is 0 Å². The summed E-state index contributed by atoms with van der Waals surface area (Å²) in [6, 6.07) is 0. The quantitative estimate of drug-likeness (QED) is 0.737. The molecule has 2 fully saturated rings. The van der Waals surface area contributed by atoms with Crippen molar-refractivity contribution in [1.29, 1.82) is 0 Å². The second-order valence-corrected chi connectivity index (χ2v) is 4.64. The third kappa shape index (κ3) is 2.04. The van der Waals surface area contributed by atoms with E-state index < -0.39 is 11.5 Å². The number of carboxylic acids is 1. The molecule has 0 bridgehead atoms. The van der Waals surface area contributed by atoms with Crippen molar-refractivity contribution >= 4 is 11.9 Å². The number of amides is 1. The fourth-order valence-electron chi connectivity index (χ4n) is 2.45. The van der Waals surface area contributed by atoms with Crippen molar-refractivity contribution in [2.75, 3.05) is 13.2 Å². The Bertz CT molecular complexity index is 290. The largest absolute Gasteiger partial charge is 0.480 e. The first kappa shape index (κ1) is 11.4. The van der Waals surface area contributed by atoms with Crippen molar-refractivity contribution in [3.63, 3.8) is 0 Å².